The molecule has 1 fully saturated rings. The van der Waals surface area contributed by atoms with Gasteiger partial charge >= 0.3 is 5.97 Å². The number of sulfone groups is 1. The molecule has 1 unspecified atom stereocenters. The second-order valence-corrected chi connectivity index (χ2v) is 7.21. The zero-order chi connectivity index (χ0) is 15.2. The maximum absolute atomic E-state index is 11.8. The van der Waals surface area contributed by atoms with E-state index in [0.717, 1.165) is 26.4 Å². The number of ether oxygens (including phenoxy) is 1. The molecule has 1 rings (SSSR count). The first-order valence-electron chi connectivity index (χ1n) is 6.62. The molecular weight excluding hydrogens is 286 g/mol. The quantitative estimate of drug-likeness (QED) is 0.650. The van der Waals surface area contributed by atoms with Crippen molar-refractivity contribution in [2.24, 2.45) is 0 Å². The average Bonchev–Trinajstić information content (AvgIpc) is 2.79. The third-order valence-electron chi connectivity index (χ3n) is 3.10. The minimum atomic E-state index is -3.51. The number of aliphatic carboxylic acids is 1. The molecule has 0 bridgehead atoms. The third kappa shape index (κ3) is 6.33. The standard InChI is InChI=1S/C12H21NO6S/c1-9(14)13-11(12(15)16)8-20(17,18)7-3-5-10-4-2-6-19-10/h10-11H,2-8H2,1H3,(H,13,14)(H,15,16)/t10?,11-/m0/s1. The van der Waals surface area contributed by atoms with Gasteiger partial charge < -0.3 is 15.2 Å². The van der Waals surface area contributed by atoms with Crippen LogP contribution in [0.3, 0.4) is 0 Å². The van der Waals surface area contributed by atoms with Gasteiger partial charge in [0.15, 0.2) is 9.84 Å². The molecule has 0 saturated carbocycles. The lowest BCUT2D eigenvalue weighted by Crippen LogP contribution is -2.44. The first-order valence-corrected chi connectivity index (χ1v) is 8.44. The lowest BCUT2D eigenvalue weighted by molar-refractivity contribution is -0.140. The summed E-state index contributed by atoms with van der Waals surface area (Å²) in [7, 11) is -3.51. The first-order chi connectivity index (χ1) is 9.30. The highest BCUT2D eigenvalue weighted by Crippen LogP contribution is 2.17. The van der Waals surface area contributed by atoms with Crippen LogP contribution in [-0.4, -0.2) is 55.7 Å². The Labute approximate surface area is 118 Å². The fourth-order valence-electron chi connectivity index (χ4n) is 2.16. The highest BCUT2D eigenvalue weighted by Gasteiger charge is 2.26. The van der Waals surface area contributed by atoms with Crippen LogP contribution >= 0.6 is 0 Å². The van der Waals surface area contributed by atoms with Gasteiger partial charge in [0, 0.05) is 13.5 Å². The van der Waals surface area contributed by atoms with E-state index in [1.165, 1.54) is 0 Å². The van der Waals surface area contributed by atoms with Crippen molar-refractivity contribution in [3.8, 4) is 0 Å². The molecule has 0 aromatic heterocycles. The van der Waals surface area contributed by atoms with Gasteiger partial charge in [-0.2, -0.15) is 0 Å². The lowest BCUT2D eigenvalue weighted by atomic mass is 10.1. The van der Waals surface area contributed by atoms with Crippen LogP contribution in [0.15, 0.2) is 0 Å². The SMILES string of the molecule is CC(=O)N[C@@H](CS(=O)(=O)CCCC1CCCO1)C(=O)O. The summed E-state index contributed by atoms with van der Waals surface area (Å²) >= 11 is 0. The highest BCUT2D eigenvalue weighted by molar-refractivity contribution is 7.91. The molecule has 0 radical (unpaired) electrons. The van der Waals surface area contributed by atoms with Crippen LogP contribution in [0, 0.1) is 0 Å². The number of hydrogen-bond donors (Lipinski definition) is 2. The third-order valence-corrected chi connectivity index (χ3v) is 4.85. The molecule has 1 saturated heterocycles. The van der Waals surface area contributed by atoms with Crippen molar-refractivity contribution in [1.82, 2.24) is 5.32 Å². The van der Waals surface area contributed by atoms with E-state index >= 15 is 0 Å². The largest absolute Gasteiger partial charge is 0.480 e. The van der Waals surface area contributed by atoms with Crippen molar-refractivity contribution in [3.05, 3.63) is 0 Å². The number of carbonyl (C=O) groups is 2. The van der Waals surface area contributed by atoms with Crippen LogP contribution in [0.1, 0.15) is 32.6 Å². The Kier molecular flexibility index (Phi) is 6.41. The van der Waals surface area contributed by atoms with Crippen LogP contribution in [0.4, 0.5) is 0 Å². The summed E-state index contributed by atoms with van der Waals surface area (Å²) in [6, 6.07) is -1.39. The van der Waals surface area contributed by atoms with Crippen LogP contribution in [0.2, 0.25) is 0 Å². The molecule has 0 aromatic carbocycles. The van der Waals surface area contributed by atoms with Crippen LogP contribution < -0.4 is 5.32 Å². The van der Waals surface area contributed by atoms with Gasteiger partial charge in [0.1, 0.15) is 6.04 Å². The number of amides is 1. The fourth-order valence-corrected chi connectivity index (χ4v) is 3.67. The Bertz CT molecular complexity index is 441. The molecule has 1 aliphatic rings. The summed E-state index contributed by atoms with van der Waals surface area (Å²) in [6.07, 6.45) is 3.18. The van der Waals surface area contributed by atoms with E-state index in [1.54, 1.807) is 0 Å². The smallest absolute Gasteiger partial charge is 0.327 e. The van der Waals surface area contributed by atoms with Gasteiger partial charge in [-0.05, 0) is 25.7 Å². The molecule has 2 atom stereocenters. The Balaban J connectivity index is 2.41. The summed E-state index contributed by atoms with van der Waals surface area (Å²) in [6.45, 7) is 1.88. The zero-order valence-electron chi connectivity index (χ0n) is 11.5. The molecule has 8 heteroatoms. The number of carbonyl (C=O) groups excluding carboxylic acids is 1. The topological polar surface area (TPSA) is 110 Å². The van der Waals surface area contributed by atoms with Crippen LogP contribution in [-0.2, 0) is 24.2 Å². The molecular formula is C12H21NO6S. The molecule has 7 nitrogen and oxygen atoms in total. The van der Waals surface area contributed by atoms with Crippen molar-refractivity contribution < 1.29 is 27.9 Å². The van der Waals surface area contributed by atoms with E-state index in [2.05, 4.69) is 5.32 Å². The number of hydrogen-bond acceptors (Lipinski definition) is 5. The van der Waals surface area contributed by atoms with Gasteiger partial charge in [-0.3, -0.25) is 4.79 Å². The Morgan fingerprint density at radius 3 is 2.65 bits per heavy atom. The van der Waals surface area contributed by atoms with Gasteiger partial charge in [-0.15, -0.1) is 0 Å². The van der Waals surface area contributed by atoms with E-state index in [1.807, 2.05) is 0 Å². The van der Waals surface area contributed by atoms with E-state index in [-0.39, 0.29) is 11.9 Å². The van der Waals surface area contributed by atoms with Crippen molar-refractivity contribution in [1.29, 1.82) is 0 Å². The molecule has 0 spiro atoms. The molecule has 116 valence electrons. The number of rotatable bonds is 8. The zero-order valence-corrected chi connectivity index (χ0v) is 12.3. The monoisotopic (exact) mass is 307 g/mol. The summed E-state index contributed by atoms with van der Waals surface area (Å²) in [5, 5.41) is 11.0. The molecule has 2 N–H and O–H groups in total. The molecule has 20 heavy (non-hydrogen) atoms. The van der Waals surface area contributed by atoms with Crippen molar-refractivity contribution in [3.63, 3.8) is 0 Å². The summed E-state index contributed by atoms with van der Waals surface area (Å²) in [4.78, 5) is 21.7. The first kappa shape index (κ1) is 16.9. The van der Waals surface area contributed by atoms with E-state index in [0.29, 0.717) is 12.8 Å². The molecule has 0 aliphatic carbocycles. The molecule has 0 aromatic rings. The van der Waals surface area contributed by atoms with E-state index < -0.39 is 33.5 Å². The van der Waals surface area contributed by atoms with E-state index in [4.69, 9.17) is 9.84 Å². The van der Waals surface area contributed by atoms with Crippen molar-refractivity contribution in [2.45, 2.75) is 44.8 Å². The summed E-state index contributed by atoms with van der Waals surface area (Å²) < 4.78 is 29.1. The van der Waals surface area contributed by atoms with Crippen molar-refractivity contribution >= 4 is 21.7 Å². The second kappa shape index (κ2) is 7.58. The van der Waals surface area contributed by atoms with Crippen LogP contribution in [0.5, 0.6) is 0 Å². The Morgan fingerprint density at radius 2 is 2.15 bits per heavy atom. The minimum Gasteiger partial charge on any atom is -0.480 e. The number of carboxylic acid groups (broad SMARTS) is 1. The van der Waals surface area contributed by atoms with Gasteiger partial charge in [0.25, 0.3) is 0 Å². The van der Waals surface area contributed by atoms with E-state index in [9.17, 15) is 18.0 Å². The molecule has 1 heterocycles. The maximum atomic E-state index is 11.8. The summed E-state index contributed by atoms with van der Waals surface area (Å²) in [5.41, 5.74) is 0. The second-order valence-electron chi connectivity index (χ2n) is 4.98. The number of nitrogens with one attached hydrogen (secondary N) is 1. The molecule has 1 aliphatic heterocycles. The van der Waals surface area contributed by atoms with Crippen LogP contribution in [0.25, 0.3) is 0 Å². The minimum absolute atomic E-state index is 0.0871. The maximum Gasteiger partial charge on any atom is 0.327 e. The van der Waals surface area contributed by atoms with Gasteiger partial charge in [0.2, 0.25) is 5.91 Å². The Morgan fingerprint density at radius 1 is 1.45 bits per heavy atom. The Hall–Kier alpha value is -1.15. The number of carboxylic acids is 1. The molecule has 1 amide bonds. The summed E-state index contributed by atoms with van der Waals surface area (Å²) in [5.74, 6) is -2.57. The lowest BCUT2D eigenvalue weighted by Gasteiger charge is -2.14. The van der Waals surface area contributed by atoms with Gasteiger partial charge in [0.05, 0.1) is 17.6 Å². The predicted molar refractivity (Wildman–Crippen MR) is 72.1 cm³/mol. The fraction of sp³-hybridized carbons (Fsp3) is 0.833. The van der Waals surface area contributed by atoms with Gasteiger partial charge in [-0.25, -0.2) is 13.2 Å². The van der Waals surface area contributed by atoms with Gasteiger partial charge in [-0.1, -0.05) is 0 Å². The highest BCUT2D eigenvalue weighted by atomic mass is 32.2. The normalized spacial score (nSPS) is 20.6. The van der Waals surface area contributed by atoms with Crippen molar-refractivity contribution in [2.75, 3.05) is 18.1 Å². The average molecular weight is 307 g/mol. The predicted octanol–water partition coefficient (Wildman–Crippen LogP) is -0.0503.